The Morgan fingerprint density at radius 1 is 1.53 bits per heavy atom. The highest BCUT2D eigenvalue weighted by atomic mass is 79.9. The molecule has 0 aliphatic heterocycles. The van der Waals surface area contributed by atoms with Crippen molar-refractivity contribution in [1.29, 1.82) is 0 Å². The van der Waals surface area contributed by atoms with Crippen molar-refractivity contribution < 1.29 is 4.79 Å². The lowest BCUT2D eigenvalue weighted by Crippen LogP contribution is -2.28. The highest BCUT2D eigenvalue weighted by Gasteiger charge is 2.17. The summed E-state index contributed by atoms with van der Waals surface area (Å²) in [4.78, 5) is 15.5. The molecule has 0 N–H and O–H groups in total. The van der Waals surface area contributed by atoms with E-state index in [1.165, 1.54) is 10.4 Å². The predicted molar refractivity (Wildman–Crippen MR) is 82.7 cm³/mol. The quantitative estimate of drug-likeness (QED) is 0.828. The summed E-state index contributed by atoms with van der Waals surface area (Å²) in [6.45, 7) is 5.56. The first-order valence-corrected chi connectivity index (χ1v) is 7.84. The molecule has 0 aliphatic rings. The molecular formula is C14H17BrN2OS. The van der Waals surface area contributed by atoms with Crippen LogP contribution in [-0.2, 0) is 13.1 Å². The summed E-state index contributed by atoms with van der Waals surface area (Å²) in [5, 5.41) is 2.06. The van der Waals surface area contributed by atoms with E-state index in [1.54, 1.807) is 16.2 Å². The summed E-state index contributed by atoms with van der Waals surface area (Å²) >= 11 is 5.12. The number of carbonyl (C=O) groups is 1. The van der Waals surface area contributed by atoms with Gasteiger partial charge in [-0.15, -0.1) is 11.3 Å². The van der Waals surface area contributed by atoms with Gasteiger partial charge in [0.15, 0.2) is 0 Å². The van der Waals surface area contributed by atoms with Gasteiger partial charge in [-0.1, -0.05) is 0 Å². The van der Waals surface area contributed by atoms with Gasteiger partial charge in [0.05, 0.1) is 6.54 Å². The monoisotopic (exact) mass is 340 g/mol. The second-order valence-electron chi connectivity index (χ2n) is 4.52. The average molecular weight is 341 g/mol. The van der Waals surface area contributed by atoms with Crippen LogP contribution in [0.5, 0.6) is 0 Å². The lowest BCUT2D eigenvalue weighted by atomic mass is 10.2. The highest BCUT2D eigenvalue weighted by Crippen LogP contribution is 2.20. The molecule has 0 aromatic carbocycles. The molecule has 2 heterocycles. The van der Waals surface area contributed by atoms with Gasteiger partial charge in [0.25, 0.3) is 5.91 Å². The smallest absolute Gasteiger partial charge is 0.270 e. The molecule has 3 nitrogen and oxygen atoms in total. The van der Waals surface area contributed by atoms with E-state index in [0.717, 1.165) is 16.7 Å². The molecule has 0 aliphatic carbocycles. The summed E-state index contributed by atoms with van der Waals surface area (Å²) in [6, 6.07) is 3.97. The number of carbonyl (C=O) groups excluding carboxylic acids is 1. The molecule has 0 fully saturated rings. The van der Waals surface area contributed by atoms with E-state index < -0.39 is 0 Å². The zero-order chi connectivity index (χ0) is 14.0. The van der Waals surface area contributed by atoms with Crippen molar-refractivity contribution in [3.63, 3.8) is 0 Å². The Kier molecular flexibility index (Phi) is 4.47. The maximum Gasteiger partial charge on any atom is 0.270 e. The molecule has 0 saturated heterocycles. The van der Waals surface area contributed by atoms with Crippen molar-refractivity contribution in [3.8, 4) is 0 Å². The Morgan fingerprint density at radius 3 is 2.84 bits per heavy atom. The minimum atomic E-state index is 0.0559. The highest BCUT2D eigenvalue weighted by molar-refractivity contribution is 9.10. The topological polar surface area (TPSA) is 25.2 Å². The fourth-order valence-corrected chi connectivity index (χ4v) is 3.39. The average Bonchev–Trinajstić information content (AvgIpc) is 2.95. The molecule has 2 rings (SSSR count). The van der Waals surface area contributed by atoms with Crippen molar-refractivity contribution >= 4 is 33.2 Å². The predicted octanol–water partition coefficient (Wildman–Crippen LogP) is 3.91. The number of aryl methyl sites for hydroxylation is 2. The van der Waals surface area contributed by atoms with Crippen molar-refractivity contribution in [2.24, 2.45) is 0 Å². The molecule has 2 aromatic heterocycles. The summed E-state index contributed by atoms with van der Waals surface area (Å²) in [5.41, 5.74) is 1.97. The van der Waals surface area contributed by atoms with Gasteiger partial charge in [0, 0.05) is 29.1 Å². The fraction of sp³-hybridized carbons (Fsp3) is 0.357. The van der Waals surface area contributed by atoms with Crippen LogP contribution in [0.1, 0.15) is 27.9 Å². The summed E-state index contributed by atoms with van der Waals surface area (Å²) in [5.74, 6) is 0.0559. The first-order valence-electron chi connectivity index (χ1n) is 6.17. The first kappa shape index (κ1) is 14.3. The van der Waals surface area contributed by atoms with E-state index >= 15 is 0 Å². The molecule has 0 unspecified atom stereocenters. The van der Waals surface area contributed by atoms with Gasteiger partial charge in [0.2, 0.25) is 0 Å². The van der Waals surface area contributed by atoms with E-state index in [0.29, 0.717) is 6.54 Å². The van der Waals surface area contributed by atoms with Gasteiger partial charge < -0.3 is 9.47 Å². The van der Waals surface area contributed by atoms with Crippen LogP contribution < -0.4 is 0 Å². The number of rotatable bonds is 4. The second kappa shape index (κ2) is 5.92. The zero-order valence-corrected chi connectivity index (χ0v) is 13.7. The molecule has 2 aromatic rings. The van der Waals surface area contributed by atoms with Gasteiger partial charge in [-0.05, 0) is 52.9 Å². The van der Waals surface area contributed by atoms with E-state index in [9.17, 15) is 4.79 Å². The second-order valence-corrected chi connectivity index (χ2v) is 6.43. The maximum atomic E-state index is 12.5. The van der Waals surface area contributed by atoms with E-state index in [1.807, 2.05) is 30.8 Å². The Morgan fingerprint density at radius 2 is 2.26 bits per heavy atom. The molecule has 0 bridgehead atoms. The largest absolute Gasteiger partial charge is 0.343 e. The van der Waals surface area contributed by atoms with Crippen LogP contribution in [0.4, 0.5) is 0 Å². The molecule has 0 spiro atoms. The normalized spacial score (nSPS) is 10.7. The number of aromatic nitrogens is 1. The molecule has 102 valence electrons. The van der Waals surface area contributed by atoms with Gasteiger partial charge in [-0.3, -0.25) is 4.79 Å². The Labute approximate surface area is 126 Å². The Hall–Kier alpha value is -1.07. The number of nitrogens with zero attached hydrogens (tertiary/aromatic N) is 2. The third-order valence-corrected chi connectivity index (χ3v) is 4.56. The van der Waals surface area contributed by atoms with Gasteiger partial charge in [-0.25, -0.2) is 0 Å². The van der Waals surface area contributed by atoms with E-state index in [2.05, 4.69) is 34.3 Å². The molecular weight excluding hydrogens is 324 g/mol. The Balaban J connectivity index is 2.17. The van der Waals surface area contributed by atoms with E-state index in [-0.39, 0.29) is 5.91 Å². The minimum absolute atomic E-state index is 0.0559. The first-order chi connectivity index (χ1) is 9.02. The van der Waals surface area contributed by atoms with Crippen LogP contribution in [0.25, 0.3) is 0 Å². The number of hydrogen-bond acceptors (Lipinski definition) is 2. The third-order valence-electron chi connectivity index (χ3n) is 3.12. The fourth-order valence-electron chi connectivity index (χ4n) is 1.96. The number of amides is 1. The number of halogens is 1. The molecule has 0 atom stereocenters. The van der Waals surface area contributed by atoms with Gasteiger partial charge >= 0.3 is 0 Å². The summed E-state index contributed by atoms with van der Waals surface area (Å²) in [7, 11) is 1.85. The Bertz CT molecular complexity index is 588. The summed E-state index contributed by atoms with van der Waals surface area (Å²) in [6.07, 6.45) is 1.94. The molecule has 0 saturated carbocycles. The van der Waals surface area contributed by atoms with Crippen LogP contribution in [0.2, 0.25) is 0 Å². The number of thiophene rings is 1. The zero-order valence-electron chi connectivity index (χ0n) is 11.3. The maximum absolute atomic E-state index is 12.5. The summed E-state index contributed by atoms with van der Waals surface area (Å²) < 4.78 is 2.91. The van der Waals surface area contributed by atoms with Crippen molar-refractivity contribution in [2.75, 3.05) is 7.05 Å². The SMILES string of the molecule is CCn1cc(Br)cc1C(=O)N(C)Cc1sccc1C. The molecule has 19 heavy (non-hydrogen) atoms. The van der Waals surface area contributed by atoms with Crippen LogP contribution in [-0.4, -0.2) is 22.4 Å². The molecule has 0 radical (unpaired) electrons. The molecule has 5 heteroatoms. The van der Waals surface area contributed by atoms with Crippen molar-refractivity contribution in [1.82, 2.24) is 9.47 Å². The standard InChI is InChI=1S/C14H17BrN2OS/c1-4-17-8-11(15)7-12(17)14(18)16(3)9-13-10(2)5-6-19-13/h5-8H,4,9H2,1-3H3. The van der Waals surface area contributed by atoms with Crippen molar-refractivity contribution in [2.45, 2.75) is 26.9 Å². The van der Waals surface area contributed by atoms with Crippen LogP contribution in [0, 0.1) is 6.92 Å². The molecule has 1 amide bonds. The van der Waals surface area contributed by atoms with Gasteiger partial charge in [0.1, 0.15) is 5.69 Å². The minimum Gasteiger partial charge on any atom is -0.343 e. The van der Waals surface area contributed by atoms with Crippen LogP contribution in [0.3, 0.4) is 0 Å². The lowest BCUT2D eigenvalue weighted by Gasteiger charge is -2.17. The number of hydrogen-bond donors (Lipinski definition) is 0. The van der Waals surface area contributed by atoms with Gasteiger partial charge in [-0.2, -0.15) is 0 Å². The third kappa shape index (κ3) is 3.09. The van der Waals surface area contributed by atoms with Crippen molar-refractivity contribution in [3.05, 3.63) is 44.3 Å². The van der Waals surface area contributed by atoms with Crippen LogP contribution in [0.15, 0.2) is 28.2 Å². The van der Waals surface area contributed by atoms with E-state index in [4.69, 9.17) is 0 Å². The lowest BCUT2D eigenvalue weighted by molar-refractivity contribution is 0.0775. The van der Waals surface area contributed by atoms with Crippen LogP contribution >= 0.6 is 27.3 Å².